The lowest BCUT2D eigenvalue weighted by Crippen LogP contribution is -2.25. The maximum Gasteiger partial charge on any atom is 0.252 e. The first-order valence-corrected chi connectivity index (χ1v) is 6.68. The molecule has 1 rings (SSSR count). The van der Waals surface area contributed by atoms with Crippen molar-refractivity contribution in [3.63, 3.8) is 0 Å². The summed E-state index contributed by atoms with van der Waals surface area (Å²) in [6.07, 6.45) is 3.49. The lowest BCUT2D eigenvalue weighted by Gasteiger charge is -2.10. The van der Waals surface area contributed by atoms with Crippen molar-refractivity contribution in [2.24, 2.45) is 0 Å². The standard InChI is InChI=1S/C13H21ClN4O/c1-15-12-8-10(11(14)9-17-12)13(19)16-6-4-5-7-18(2)3/h8-9H,4-7H2,1-3H3,(H,15,17)(H,16,19). The second kappa shape index (κ2) is 7.96. The minimum atomic E-state index is -0.159. The Kier molecular flexibility index (Phi) is 6.59. The average Bonchev–Trinajstić information content (AvgIpc) is 2.38. The number of amides is 1. The van der Waals surface area contributed by atoms with E-state index in [2.05, 4.69) is 20.5 Å². The van der Waals surface area contributed by atoms with Crippen LogP contribution in [0.3, 0.4) is 0 Å². The highest BCUT2D eigenvalue weighted by molar-refractivity contribution is 6.33. The second-order valence-corrected chi connectivity index (χ2v) is 4.97. The summed E-state index contributed by atoms with van der Waals surface area (Å²) in [4.78, 5) is 18.1. The first-order chi connectivity index (χ1) is 9.04. The molecule has 1 aromatic rings. The zero-order valence-electron chi connectivity index (χ0n) is 11.7. The van der Waals surface area contributed by atoms with Crippen LogP contribution in [0.25, 0.3) is 0 Å². The molecule has 0 fully saturated rings. The number of nitrogens with one attached hydrogen (secondary N) is 2. The zero-order chi connectivity index (χ0) is 14.3. The number of rotatable bonds is 7. The third kappa shape index (κ3) is 5.44. The summed E-state index contributed by atoms with van der Waals surface area (Å²) >= 11 is 5.97. The van der Waals surface area contributed by atoms with Crippen LogP contribution in [0.4, 0.5) is 5.82 Å². The van der Waals surface area contributed by atoms with Crippen molar-refractivity contribution < 1.29 is 4.79 Å². The van der Waals surface area contributed by atoms with Crippen molar-refractivity contribution in [3.8, 4) is 0 Å². The first-order valence-electron chi connectivity index (χ1n) is 6.31. The van der Waals surface area contributed by atoms with E-state index >= 15 is 0 Å². The Bertz CT molecular complexity index is 423. The van der Waals surface area contributed by atoms with E-state index in [4.69, 9.17) is 11.6 Å². The number of hydrogen-bond donors (Lipinski definition) is 2. The topological polar surface area (TPSA) is 57.3 Å². The van der Waals surface area contributed by atoms with Gasteiger partial charge in [0, 0.05) is 19.8 Å². The number of aromatic nitrogens is 1. The van der Waals surface area contributed by atoms with Gasteiger partial charge in [-0.1, -0.05) is 11.6 Å². The summed E-state index contributed by atoms with van der Waals surface area (Å²) in [6.45, 7) is 1.68. The highest BCUT2D eigenvalue weighted by Crippen LogP contribution is 2.17. The van der Waals surface area contributed by atoms with Gasteiger partial charge in [0.15, 0.2) is 0 Å². The lowest BCUT2D eigenvalue weighted by molar-refractivity contribution is 0.0953. The van der Waals surface area contributed by atoms with Crippen LogP contribution < -0.4 is 10.6 Å². The molecule has 0 radical (unpaired) electrons. The van der Waals surface area contributed by atoms with E-state index in [0.29, 0.717) is 22.9 Å². The fourth-order valence-corrected chi connectivity index (χ4v) is 1.79. The molecule has 0 aliphatic carbocycles. The maximum absolute atomic E-state index is 12.0. The zero-order valence-corrected chi connectivity index (χ0v) is 12.4. The smallest absolute Gasteiger partial charge is 0.252 e. The second-order valence-electron chi connectivity index (χ2n) is 4.57. The Hall–Kier alpha value is -1.33. The number of anilines is 1. The Morgan fingerprint density at radius 1 is 1.42 bits per heavy atom. The van der Waals surface area contributed by atoms with Gasteiger partial charge in [0.2, 0.25) is 0 Å². The summed E-state index contributed by atoms with van der Waals surface area (Å²) < 4.78 is 0. The van der Waals surface area contributed by atoms with E-state index in [1.165, 1.54) is 6.20 Å². The van der Waals surface area contributed by atoms with Crippen LogP contribution in [0.2, 0.25) is 5.02 Å². The number of carbonyl (C=O) groups is 1. The summed E-state index contributed by atoms with van der Waals surface area (Å²) in [7, 11) is 5.82. The van der Waals surface area contributed by atoms with Crippen molar-refractivity contribution in [2.75, 3.05) is 39.5 Å². The normalized spacial score (nSPS) is 10.6. The highest BCUT2D eigenvalue weighted by Gasteiger charge is 2.11. The van der Waals surface area contributed by atoms with Gasteiger partial charge in [0.05, 0.1) is 10.6 Å². The van der Waals surface area contributed by atoms with Gasteiger partial charge in [0.25, 0.3) is 5.91 Å². The van der Waals surface area contributed by atoms with Gasteiger partial charge < -0.3 is 15.5 Å². The SMILES string of the molecule is CNc1cc(C(=O)NCCCCN(C)C)c(Cl)cn1. The van der Waals surface area contributed by atoms with Crippen molar-refractivity contribution in [1.82, 2.24) is 15.2 Å². The molecule has 2 N–H and O–H groups in total. The van der Waals surface area contributed by atoms with Gasteiger partial charge in [-0.05, 0) is 39.5 Å². The average molecular weight is 285 g/mol. The molecule has 0 saturated heterocycles. The fraction of sp³-hybridized carbons (Fsp3) is 0.538. The predicted molar refractivity (Wildman–Crippen MR) is 78.9 cm³/mol. The third-order valence-corrected chi connectivity index (χ3v) is 2.97. The van der Waals surface area contributed by atoms with Crippen LogP contribution in [-0.2, 0) is 0 Å². The fourth-order valence-electron chi connectivity index (χ4n) is 1.60. The molecule has 0 saturated carbocycles. The molecule has 5 nitrogen and oxygen atoms in total. The number of pyridine rings is 1. The minimum Gasteiger partial charge on any atom is -0.373 e. The Morgan fingerprint density at radius 3 is 2.79 bits per heavy atom. The van der Waals surface area contributed by atoms with Crippen LogP contribution >= 0.6 is 11.6 Å². The summed E-state index contributed by atoms with van der Waals surface area (Å²) in [5, 5.41) is 6.12. The Labute approximate surface area is 119 Å². The number of unbranched alkanes of at least 4 members (excludes halogenated alkanes) is 1. The molecule has 0 unspecified atom stereocenters. The van der Waals surface area contributed by atoms with Crippen molar-refractivity contribution in [1.29, 1.82) is 0 Å². The molecule has 0 aliphatic rings. The molecule has 0 aromatic carbocycles. The Balaban J connectivity index is 2.45. The van der Waals surface area contributed by atoms with Gasteiger partial charge in [-0.3, -0.25) is 4.79 Å². The highest BCUT2D eigenvalue weighted by atomic mass is 35.5. The van der Waals surface area contributed by atoms with Gasteiger partial charge in [0.1, 0.15) is 5.82 Å². The van der Waals surface area contributed by atoms with E-state index in [9.17, 15) is 4.79 Å². The van der Waals surface area contributed by atoms with E-state index in [1.807, 2.05) is 14.1 Å². The number of carbonyl (C=O) groups excluding carboxylic acids is 1. The molecular formula is C13H21ClN4O. The van der Waals surface area contributed by atoms with Crippen LogP contribution in [0.1, 0.15) is 23.2 Å². The van der Waals surface area contributed by atoms with E-state index in [1.54, 1.807) is 13.1 Å². The summed E-state index contributed by atoms with van der Waals surface area (Å²) in [5.41, 5.74) is 0.452. The quantitative estimate of drug-likeness (QED) is 0.750. The number of halogens is 1. The molecule has 1 aromatic heterocycles. The predicted octanol–water partition coefficient (Wildman–Crippen LogP) is 1.85. The third-order valence-electron chi connectivity index (χ3n) is 2.67. The van der Waals surface area contributed by atoms with E-state index < -0.39 is 0 Å². The maximum atomic E-state index is 12.0. The number of nitrogens with zero attached hydrogens (tertiary/aromatic N) is 2. The van der Waals surface area contributed by atoms with Crippen molar-refractivity contribution in [2.45, 2.75) is 12.8 Å². The van der Waals surface area contributed by atoms with Gasteiger partial charge in [-0.25, -0.2) is 4.98 Å². The van der Waals surface area contributed by atoms with Crippen LogP contribution in [0.5, 0.6) is 0 Å². The van der Waals surface area contributed by atoms with Gasteiger partial charge in [-0.2, -0.15) is 0 Å². The van der Waals surface area contributed by atoms with Crippen LogP contribution in [0.15, 0.2) is 12.3 Å². The van der Waals surface area contributed by atoms with Crippen molar-refractivity contribution >= 4 is 23.3 Å². The summed E-state index contributed by atoms with van der Waals surface area (Å²) in [5.74, 6) is 0.468. The monoisotopic (exact) mass is 284 g/mol. The molecule has 6 heteroatoms. The lowest BCUT2D eigenvalue weighted by atomic mass is 10.2. The summed E-state index contributed by atoms with van der Waals surface area (Å²) in [6, 6.07) is 1.65. The molecule has 106 valence electrons. The van der Waals surface area contributed by atoms with Gasteiger partial charge in [-0.15, -0.1) is 0 Å². The van der Waals surface area contributed by atoms with Crippen LogP contribution in [0, 0.1) is 0 Å². The molecule has 19 heavy (non-hydrogen) atoms. The molecule has 0 bridgehead atoms. The molecule has 0 aliphatic heterocycles. The molecule has 1 amide bonds. The minimum absolute atomic E-state index is 0.159. The molecular weight excluding hydrogens is 264 g/mol. The number of hydrogen-bond acceptors (Lipinski definition) is 4. The molecule has 1 heterocycles. The van der Waals surface area contributed by atoms with Gasteiger partial charge >= 0.3 is 0 Å². The first kappa shape index (κ1) is 15.7. The van der Waals surface area contributed by atoms with Crippen LogP contribution in [-0.4, -0.2) is 50.0 Å². The molecule has 0 atom stereocenters. The van der Waals surface area contributed by atoms with E-state index in [-0.39, 0.29) is 5.91 Å². The van der Waals surface area contributed by atoms with Crippen molar-refractivity contribution in [3.05, 3.63) is 22.8 Å². The Morgan fingerprint density at radius 2 is 2.16 bits per heavy atom. The molecule has 0 spiro atoms. The van der Waals surface area contributed by atoms with E-state index in [0.717, 1.165) is 19.4 Å². The largest absolute Gasteiger partial charge is 0.373 e.